The van der Waals surface area contributed by atoms with Crippen molar-refractivity contribution in [2.24, 2.45) is 0 Å². The molecule has 104 valence electrons. The summed E-state index contributed by atoms with van der Waals surface area (Å²) in [4.78, 5) is 13.4. The fourth-order valence-corrected chi connectivity index (χ4v) is 2.83. The maximum Gasteiger partial charge on any atom is 0.237 e. The Labute approximate surface area is 124 Å². The molecule has 0 bridgehead atoms. The predicted molar refractivity (Wildman–Crippen MR) is 86.2 cm³/mol. The molecule has 1 N–H and O–H groups in total. The zero-order valence-corrected chi connectivity index (χ0v) is 12.6. The third kappa shape index (κ3) is 3.87. The van der Waals surface area contributed by atoms with Gasteiger partial charge in [0.15, 0.2) is 0 Å². The van der Waals surface area contributed by atoms with Gasteiger partial charge in [0, 0.05) is 10.6 Å². The maximum atomic E-state index is 12.3. The molecule has 2 aromatic carbocycles. The molecule has 0 aliphatic heterocycles. The zero-order valence-electron chi connectivity index (χ0n) is 11.8. The average molecular weight is 285 g/mol. The van der Waals surface area contributed by atoms with Gasteiger partial charge in [-0.1, -0.05) is 43.3 Å². The topological polar surface area (TPSA) is 29.1 Å². The summed E-state index contributed by atoms with van der Waals surface area (Å²) in [7, 11) is 0. The molecule has 0 aromatic heterocycles. The number of carbonyl (C=O) groups excluding carboxylic acids is 1. The smallest absolute Gasteiger partial charge is 0.237 e. The summed E-state index contributed by atoms with van der Waals surface area (Å²) in [5, 5.41) is 2.90. The molecule has 0 aliphatic rings. The molecule has 0 spiro atoms. The third-order valence-electron chi connectivity index (χ3n) is 3.08. The summed E-state index contributed by atoms with van der Waals surface area (Å²) in [6.07, 6.45) is 0.913. The normalized spacial score (nSPS) is 11.9. The van der Waals surface area contributed by atoms with Gasteiger partial charge in [-0.05, 0) is 37.1 Å². The summed E-state index contributed by atoms with van der Waals surface area (Å²) in [5.41, 5.74) is 2.08. The van der Waals surface area contributed by atoms with Crippen LogP contribution in [0.2, 0.25) is 0 Å². The second-order valence-corrected chi connectivity index (χ2v) is 5.99. The van der Waals surface area contributed by atoms with Crippen LogP contribution in [0.1, 0.15) is 19.4 Å². The quantitative estimate of drug-likeness (QED) is 0.827. The number of thioether (sulfide) groups is 1. The number of aryl methyl sites for hydroxylation is 1. The van der Waals surface area contributed by atoms with Crippen LogP contribution in [0.25, 0.3) is 0 Å². The minimum absolute atomic E-state index is 0.0414. The highest BCUT2D eigenvalue weighted by molar-refractivity contribution is 8.00. The molecule has 0 radical (unpaired) electrons. The molecular formula is C17H19NOS. The fourth-order valence-electron chi connectivity index (χ4n) is 1.94. The molecule has 0 aliphatic carbocycles. The lowest BCUT2D eigenvalue weighted by atomic mass is 10.1. The van der Waals surface area contributed by atoms with Gasteiger partial charge in [-0.25, -0.2) is 0 Å². The van der Waals surface area contributed by atoms with Crippen LogP contribution in [0.5, 0.6) is 0 Å². The van der Waals surface area contributed by atoms with Crippen molar-refractivity contribution in [1.82, 2.24) is 0 Å². The highest BCUT2D eigenvalue weighted by Gasteiger charge is 2.15. The molecule has 0 saturated carbocycles. The number of hydrogen-bond donors (Lipinski definition) is 1. The van der Waals surface area contributed by atoms with E-state index in [1.807, 2.05) is 61.5 Å². The van der Waals surface area contributed by atoms with Crippen molar-refractivity contribution in [1.29, 1.82) is 0 Å². The van der Waals surface area contributed by atoms with Crippen molar-refractivity contribution in [2.75, 3.05) is 5.32 Å². The maximum absolute atomic E-state index is 12.3. The first-order valence-electron chi connectivity index (χ1n) is 6.81. The van der Waals surface area contributed by atoms with Crippen LogP contribution in [0, 0.1) is 0 Å². The monoisotopic (exact) mass is 285 g/mol. The molecule has 2 aromatic rings. The van der Waals surface area contributed by atoms with Gasteiger partial charge >= 0.3 is 0 Å². The van der Waals surface area contributed by atoms with Gasteiger partial charge < -0.3 is 5.32 Å². The predicted octanol–water partition coefficient (Wildman–Crippen LogP) is 4.37. The van der Waals surface area contributed by atoms with E-state index < -0.39 is 0 Å². The van der Waals surface area contributed by atoms with Crippen molar-refractivity contribution >= 4 is 23.4 Å². The minimum atomic E-state index is -0.123. The Bertz CT molecular complexity index is 568. The second-order valence-electron chi connectivity index (χ2n) is 4.57. The molecule has 20 heavy (non-hydrogen) atoms. The first-order valence-corrected chi connectivity index (χ1v) is 7.69. The van der Waals surface area contributed by atoms with Crippen molar-refractivity contribution < 1.29 is 4.79 Å². The standard InChI is InChI=1S/C17H19NOS/c1-3-14-9-7-8-12-16(14)18-17(19)13(2)20-15-10-5-4-6-11-15/h4-13H,3H2,1-2H3,(H,18,19)/t13-/m0/s1. The van der Waals surface area contributed by atoms with Crippen LogP contribution in [0.3, 0.4) is 0 Å². The van der Waals surface area contributed by atoms with Crippen LogP contribution < -0.4 is 5.32 Å². The van der Waals surface area contributed by atoms with E-state index in [2.05, 4.69) is 12.2 Å². The van der Waals surface area contributed by atoms with Gasteiger partial charge in [0.1, 0.15) is 0 Å². The Morgan fingerprint density at radius 1 is 1.10 bits per heavy atom. The molecule has 0 unspecified atom stereocenters. The number of nitrogens with one attached hydrogen (secondary N) is 1. The molecule has 2 nitrogen and oxygen atoms in total. The van der Waals surface area contributed by atoms with E-state index in [1.165, 1.54) is 0 Å². The lowest BCUT2D eigenvalue weighted by Gasteiger charge is -2.14. The van der Waals surface area contributed by atoms with E-state index in [0.29, 0.717) is 0 Å². The van der Waals surface area contributed by atoms with E-state index in [0.717, 1.165) is 22.6 Å². The van der Waals surface area contributed by atoms with Gasteiger partial charge in [-0.3, -0.25) is 4.79 Å². The van der Waals surface area contributed by atoms with Gasteiger partial charge in [0.25, 0.3) is 0 Å². The molecule has 3 heteroatoms. The van der Waals surface area contributed by atoms with Crippen molar-refractivity contribution in [2.45, 2.75) is 30.4 Å². The van der Waals surface area contributed by atoms with Gasteiger partial charge in [0.2, 0.25) is 5.91 Å². The lowest BCUT2D eigenvalue weighted by Crippen LogP contribution is -2.22. The Balaban J connectivity index is 2.01. The average Bonchev–Trinajstić information content (AvgIpc) is 2.48. The Morgan fingerprint density at radius 3 is 2.45 bits per heavy atom. The van der Waals surface area contributed by atoms with Crippen LogP contribution in [0.15, 0.2) is 59.5 Å². The summed E-state index contributed by atoms with van der Waals surface area (Å²) >= 11 is 1.57. The number of anilines is 1. The summed E-state index contributed by atoms with van der Waals surface area (Å²) < 4.78 is 0. The van der Waals surface area contributed by atoms with E-state index in [9.17, 15) is 4.79 Å². The van der Waals surface area contributed by atoms with Gasteiger partial charge in [0.05, 0.1) is 5.25 Å². The SMILES string of the molecule is CCc1ccccc1NC(=O)[C@H](C)Sc1ccccc1. The molecule has 1 atom stereocenters. The van der Waals surface area contributed by atoms with Crippen LogP contribution in [-0.2, 0) is 11.2 Å². The Kier molecular flexibility index (Phi) is 5.24. The Hall–Kier alpha value is -1.74. The highest BCUT2D eigenvalue weighted by Crippen LogP contribution is 2.24. The third-order valence-corrected chi connectivity index (χ3v) is 4.19. The molecule has 2 rings (SSSR count). The van der Waals surface area contributed by atoms with E-state index >= 15 is 0 Å². The van der Waals surface area contributed by atoms with E-state index in [-0.39, 0.29) is 11.2 Å². The van der Waals surface area contributed by atoms with E-state index in [1.54, 1.807) is 11.8 Å². The highest BCUT2D eigenvalue weighted by atomic mass is 32.2. The van der Waals surface area contributed by atoms with Crippen molar-refractivity contribution in [3.63, 3.8) is 0 Å². The molecule has 0 saturated heterocycles. The zero-order chi connectivity index (χ0) is 14.4. The van der Waals surface area contributed by atoms with Gasteiger partial charge in [-0.15, -0.1) is 11.8 Å². The molecule has 0 fully saturated rings. The second kappa shape index (κ2) is 7.15. The van der Waals surface area contributed by atoms with E-state index in [4.69, 9.17) is 0 Å². The number of amides is 1. The van der Waals surface area contributed by atoms with Crippen LogP contribution in [0.4, 0.5) is 5.69 Å². The number of para-hydroxylation sites is 1. The molecular weight excluding hydrogens is 266 g/mol. The summed E-state index contributed by atoms with van der Waals surface area (Å²) in [5.74, 6) is 0.0414. The number of rotatable bonds is 5. The van der Waals surface area contributed by atoms with Crippen molar-refractivity contribution in [3.05, 3.63) is 60.2 Å². The first-order chi connectivity index (χ1) is 9.70. The fraction of sp³-hybridized carbons (Fsp3) is 0.235. The molecule has 0 heterocycles. The van der Waals surface area contributed by atoms with Crippen molar-refractivity contribution in [3.8, 4) is 0 Å². The minimum Gasteiger partial charge on any atom is -0.325 e. The largest absolute Gasteiger partial charge is 0.325 e. The number of carbonyl (C=O) groups is 1. The number of hydrogen-bond acceptors (Lipinski definition) is 2. The lowest BCUT2D eigenvalue weighted by molar-refractivity contribution is -0.115. The van der Waals surface area contributed by atoms with Crippen LogP contribution >= 0.6 is 11.8 Å². The number of benzene rings is 2. The summed E-state index contributed by atoms with van der Waals surface area (Å²) in [6, 6.07) is 17.9. The Morgan fingerprint density at radius 2 is 1.75 bits per heavy atom. The summed E-state index contributed by atoms with van der Waals surface area (Å²) in [6.45, 7) is 4.02. The molecule has 1 amide bonds. The van der Waals surface area contributed by atoms with Crippen LogP contribution in [-0.4, -0.2) is 11.2 Å². The first kappa shape index (κ1) is 14.7. The van der Waals surface area contributed by atoms with Gasteiger partial charge in [-0.2, -0.15) is 0 Å².